The van der Waals surface area contributed by atoms with Crippen LogP contribution in [0.2, 0.25) is 0 Å². The summed E-state index contributed by atoms with van der Waals surface area (Å²) in [4.78, 5) is 21.8. The van der Waals surface area contributed by atoms with Crippen molar-refractivity contribution in [2.45, 2.75) is 0 Å². The molecule has 1 rings (SSSR count). The van der Waals surface area contributed by atoms with Gasteiger partial charge >= 0.3 is 5.97 Å². The first-order valence-electron chi connectivity index (χ1n) is 4.31. The number of hydrogen-bond donors (Lipinski definition) is 1. The van der Waals surface area contributed by atoms with Gasteiger partial charge in [-0.2, -0.15) is 0 Å². The minimum Gasteiger partial charge on any atom is -0.493 e. The number of halogens is 2. The second kappa shape index (κ2) is 5.13. The number of carbonyl (C=O) groups is 2. The zero-order chi connectivity index (χ0) is 13.2. The summed E-state index contributed by atoms with van der Waals surface area (Å²) >= 11 is 2.91. The van der Waals surface area contributed by atoms with E-state index in [0.29, 0.717) is 0 Å². The van der Waals surface area contributed by atoms with Crippen molar-refractivity contribution in [3.05, 3.63) is 21.9 Å². The van der Waals surface area contributed by atoms with Gasteiger partial charge in [0.15, 0.2) is 17.3 Å². The first-order valence-corrected chi connectivity index (χ1v) is 5.10. The number of carboxylic acid groups (broad SMARTS) is 1. The Bertz CT molecular complexity index is 486. The zero-order valence-corrected chi connectivity index (χ0v) is 10.5. The van der Waals surface area contributed by atoms with Gasteiger partial charge in [-0.25, -0.2) is 9.18 Å². The molecule has 1 aromatic rings. The van der Waals surface area contributed by atoms with E-state index in [2.05, 4.69) is 15.9 Å². The maximum atomic E-state index is 13.9. The van der Waals surface area contributed by atoms with Crippen LogP contribution in [0.5, 0.6) is 11.5 Å². The van der Waals surface area contributed by atoms with Crippen LogP contribution in [0.25, 0.3) is 0 Å². The molecule has 0 amide bonds. The van der Waals surface area contributed by atoms with Gasteiger partial charge in [-0.05, 0) is 22.0 Å². The van der Waals surface area contributed by atoms with E-state index in [9.17, 15) is 14.0 Å². The van der Waals surface area contributed by atoms with Crippen molar-refractivity contribution in [2.75, 3.05) is 14.2 Å². The highest BCUT2D eigenvalue weighted by atomic mass is 79.9. The molecule has 0 aliphatic heterocycles. The average Bonchev–Trinajstić information content (AvgIpc) is 2.27. The van der Waals surface area contributed by atoms with E-state index in [4.69, 9.17) is 14.6 Å². The first kappa shape index (κ1) is 13.4. The van der Waals surface area contributed by atoms with Crippen molar-refractivity contribution in [1.29, 1.82) is 0 Å². The SMILES string of the molecule is COc1cc(Br)c(C(=O)C(=O)O)c(F)c1OC. The Morgan fingerprint density at radius 2 is 1.94 bits per heavy atom. The molecular weight excluding hydrogens is 299 g/mol. The van der Waals surface area contributed by atoms with E-state index in [-0.39, 0.29) is 16.0 Å². The third-order valence-corrected chi connectivity index (χ3v) is 2.61. The summed E-state index contributed by atoms with van der Waals surface area (Å²) in [5.74, 6) is -4.46. The van der Waals surface area contributed by atoms with Gasteiger partial charge in [0, 0.05) is 4.47 Å². The summed E-state index contributed by atoms with van der Waals surface area (Å²) < 4.78 is 23.4. The van der Waals surface area contributed by atoms with E-state index in [0.717, 1.165) is 0 Å². The fraction of sp³-hybridized carbons (Fsp3) is 0.200. The summed E-state index contributed by atoms with van der Waals surface area (Å²) in [6.07, 6.45) is 0. The number of rotatable bonds is 4. The Kier molecular flexibility index (Phi) is 4.06. The van der Waals surface area contributed by atoms with Crippen LogP contribution in [0.1, 0.15) is 10.4 Å². The van der Waals surface area contributed by atoms with E-state index in [1.165, 1.54) is 20.3 Å². The molecule has 0 spiro atoms. The molecule has 5 nitrogen and oxygen atoms in total. The molecule has 0 saturated heterocycles. The van der Waals surface area contributed by atoms with Crippen LogP contribution < -0.4 is 9.47 Å². The third kappa shape index (κ3) is 2.38. The third-order valence-electron chi connectivity index (χ3n) is 1.98. The molecule has 1 aromatic carbocycles. The molecule has 0 bridgehead atoms. The normalized spacial score (nSPS) is 9.88. The minimum atomic E-state index is -1.75. The number of hydrogen-bond acceptors (Lipinski definition) is 4. The van der Waals surface area contributed by atoms with Gasteiger partial charge in [-0.3, -0.25) is 4.79 Å². The highest BCUT2D eigenvalue weighted by Gasteiger charge is 2.27. The highest BCUT2D eigenvalue weighted by Crippen LogP contribution is 2.37. The predicted octanol–water partition coefficient (Wildman–Crippen LogP) is 1.87. The van der Waals surface area contributed by atoms with Crippen molar-refractivity contribution in [2.24, 2.45) is 0 Å². The Labute approximate surface area is 104 Å². The van der Waals surface area contributed by atoms with Gasteiger partial charge in [0.1, 0.15) is 0 Å². The second-order valence-electron chi connectivity index (χ2n) is 2.92. The van der Waals surface area contributed by atoms with Crippen molar-refractivity contribution in [1.82, 2.24) is 0 Å². The predicted molar refractivity (Wildman–Crippen MR) is 59.2 cm³/mol. The van der Waals surface area contributed by atoms with Crippen molar-refractivity contribution < 1.29 is 28.6 Å². The maximum absolute atomic E-state index is 13.9. The fourth-order valence-corrected chi connectivity index (χ4v) is 1.80. The molecule has 0 heterocycles. The maximum Gasteiger partial charge on any atom is 0.377 e. The number of methoxy groups -OCH3 is 2. The second-order valence-corrected chi connectivity index (χ2v) is 3.77. The quantitative estimate of drug-likeness (QED) is 0.679. The molecule has 0 unspecified atom stereocenters. The van der Waals surface area contributed by atoms with Crippen LogP contribution in [0.15, 0.2) is 10.5 Å². The van der Waals surface area contributed by atoms with Gasteiger partial charge in [0.05, 0.1) is 19.8 Å². The van der Waals surface area contributed by atoms with Crippen LogP contribution in [-0.2, 0) is 4.79 Å². The van der Waals surface area contributed by atoms with Gasteiger partial charge in [-0.15, -0.1) is 0 Å². The molecule has 0 radical (unpaired) electrons. The first-order chi connectivity index (χ1) is 7.93. The van der Waals surface area contributed by atoms with Crippen molar-refractivity contribution >= 4 is 27.7 Å². The molecule has 0 fully saturated rings. The van der Waals surface area contributed by atoms with E-state index >= 15 is 0 Å². The minimum absolute atomic E-state index is 0.0138. The lowest BCUT2D eigenvalue weighted by Crippen LogP contribution is -2.16. The lowest BCUT2D eigenvalue weighted by molar-refractivity contribution is -0.131. The van der Waals surface area contributed by atoms with Crippen LogP contribution in [0.3, 0.4) is 0 Å². The molecule has 1 N–H and O–H groups in total. The van der Waals surface area contributed by atoms with E-state index in [1.807, 2.05) is 0 Å². The summed E-state index contributed by atoms with van der Waals surface area (Å²) in [7, 11) is 2.48. The monoisotopic (exact) mass is 306 g/mol. The number of aliphatic carboxylic acids is 1. The lowest BCUT2D eigenvalue weighted by Gasteiger charge is -2.11. The Hall–Kier alpha value is -1.63. The van der Waals surface area contributed by atoms with Crippen molar-refractivity contribution in [3.8, 4) is 11.5 Å². The molecular formula is C10H8BrFO5. The van der Waals surface area contributed by atoms with Crippen LogP contribution in [-0.4, -0.2) is 31.1 Å². The number of carbonyl (C=O) groups excluding carboxylic acids is 1. The van der Waals surface area contributed by atoms with Crippen molar-refractivity contribution in [3.63, 3.8) is 0 Å². The molecule has 7 heteroatoms. The topological polar surface area (TPSA) is 72.8 Å². The number of benzene rings is 1. The van der Waals surface area contributed by atoms with E-state index < -0.39 is 23.1 Å². The summed E-state index contributed by atoms with van der Waals surface area (Å²) in [6, 6.07) is 1.26. The Morgan fingerprint density at radius 3 is 2.35 bits per heavy atom. The smallest absolute Gasteiger partial charge is 0.377 e. The number of ether oxygens (including phenoxy) is 2. The summed E-state index contributed by atoms with van der Waals surface area (Å²) in [6.45, 7) is 0. The molecule has 0 aromatic heterocycles. The zero-order valence-electron chi connectivity index (χ0n) is 8.91. The molecule has 0 aliphatic carbocycles. The largest absolute Gasteiger partial charge is 0.493 e. The van der Waals surface area contributed by atoms with Gasteiger partial charge in [-0.1, -0.05) is 0 Å². The van der Waals surface area contributed by atoms with Crippen LogP contribution in [0, 0.1) is 5.82 Å². The number of Topliss-reactive ketones (excluding diaryl/α,β-unsaturated/α-hetero) is 1. The average molecular weight is 307 g/mol. The molecule has 17 heavy (non-hydrogen) atoms. The molecule has 92 valence electrons. The standard InChI is InChI=1S/C10H8BrFO5/c1-16-5-3-4(11)6(8(13)10(14)15)7(12)9(5)17-2/h3H,1-2H3,(H,14,15). The van der Waals surface area contributed by atoms with Gasteiger partial charge in [0.25, 0.3) is 5.78 Å². The van der Waals surface area contributed by atoms with E-state index in [1.54, 1.807) is 0 Å². The van der Waals surface area contributed by atoms with Gasteiger partial charge < -0.3 is 14.6 Å². The Morgan fingerprint density at radius 1 is 1.35 bits per heavy atom. The molecule has 0 saturated carbocycles. The Balaban J connectivity index is 3.52. The molecule has 0 aliphatic rings. The summed E-state index contributed by atoms with van der Waals surface area (Å²) in [5, 5.41) is 8.57. The van der Waals surface area contributed by atoms with Gasteiger partial charge in [0.2, 0.25) is 0 Å². The number of carboxylic acids is 1. The van der Waals surface area contributed by atoms with Crippen LogP contribution in [0.4, 0.5) is 4.39 Å². The van der Waals surface area contributed by atoms with Crippen LogP contribution >= 0.6 is 15.9 Å². The highest BCUT2D eigenvalue weighted by molar-refractivity contribution is 9.10. The lowest BCUT2D eigenvalue weighted by atomic mass is 10.1. The molecule has 0 atom stereocenters. The summed E-state index contributed by atoms with van der Waals surface area (Å²) in [5.41, 5.74) is -0.602. The fourth-order valence-electron chi connectivity index (χ4n) is 1.24. The number of ketones is 1.